The molecular formula is C29H33FN10O13P2. The molecule has 4 aromatic heterocycles. The molecule has 0 spiro atoms. The summed E-state index contributed by atoms with van der Waals surface area (Å²) in [6.45, 7) is 0.763. The Hall–Kier alpha value is -4.55. The summed E-state index contributed by atoms with van der Waals surface area (Å²) in [5, 5.41) is 28.2. The van der Waals surface area contributed by atoms with Gasteiger partial charge in [-0.25, -0.2) is 33.5 Å². The molecule has 0 radical (unpaired) electrons. The monoisotopic (exact) mass is 810 g/mol. The summed E-state index contributed by atoms with van der Waals surface area (Å²) in [6, 6.07) is 3.63. The normalized spacial score (nSPS) is 26.1. The summed E-state index contributed by atoms with van der Waals surface area (Å²) in [4.78, 5) is 45.5. The maximum atomic E-state index is 16.5. The number of ether oxygens (including phenoxy) is 2. The molecule has 294 valence electrons. The van der Waals surface area contributed by atoms with Crippen LogP contribution < -0.4 is 11.1 Å². The summed E-state index contributed by atoms with van der Waals surface area (Å²) in [7, 11) is -9.44. The lowest BCUT2D eigenvalue weighted by atomic mass is 10.1. The van der Waals surface area contributed by atoms with Crippen LogP contribution in [0.1, 0.15) is 31.7 Å². The number of aliphatic hydroxyl groups excluding tert-OH is 1. The molecule has 23 nitrogen and oxygen atoms in total. The number of aromatic amines is 2. The summed E-state index contributed by atoms with van der Waals surface area (Å²) in [5.74, 6) is 0. The minimum Gasteiger partial charge on any atom is -0.394 e. The number of phosphoric ester groups is 2. The smallest absolute Gasteiger partial charge is 0.394 e. The second kappa shape index (κ2) is 17.5. The fraction of sp³-hybridized carbons (Fsp3) is 0.517. The van der Waals surface area contributed by atoms with E-state index in [2.05, 4.69) is 36.5 Å². The lowest BCUT2D eigenvalue weighted by molar-refractivity contribution is -0.0592. The molecular weight excluding hydrogens is 777 g/mol. The van der Waals surface area contributed by atoms with Crippen molar-refractivity contribution in [3.05, 3.63) is 58.7 Å². The van der Waals surface area contributed by atoms with Crippen molar-refractivity contribution in [2.45, 2.75) is 62.3 Å². The van der Waals surface area contributed by atoms with E-state index in [0.29, 0.717) is 0 Å². The van der Waals surface area contributed by atoms with E-state index < -0.39 is 96.2 Å². The highest BCUT2D eigenvalue weighted by Crippen LogP contribution is 2.56. The maximum Gasteiger partial charge on any atom is 0.475 e. The molecule has 9 atom stereocenters. The van der Waals surface area contributed by atoms with Gasteiger partial charge in [-0.3, -0.25) is 45.9 Å². The topological polar surface area (TPSA) is 303 Å². The number of halogens is 1. The first-order valence-electron chi connectivity index (χ1n) is 16.4. The van der Waals surface area contributed by atoms with Crippen molar-refractivity contribution >= 4 is 38.0 Å². The first kappa shape index (κ1) is 40.1. The molecule has 6 heterocycles. The molecule has 8 unspecified atom stereocenters. The van der Waals surface area contributed by atoms with Gasteiger partial charge >= 0.3 is 15.6 Å². The maximum absolute atomic E-state index is 16.5. The van der Waals surface area contributed by atoms with Crippen molar-refractivity contribution in [1.29, 1.82) is 10.5 Å². The van der Waals surface area contributed by atoms with Crippen molar-refractivity contribution in [3.8, 4) is 12.1 Å². The van der Waals surface area contributed by atoms with Gasteiger partial charge in [0.05, 0.1) is 83.3 Å². The van der Waals surface area contributed by atoms with Gasteiger partial charge in [-0.1, -0.05) is 6.08 Å². The number of nitriles is 2. The van der Waals surface area contributed by atoms with Crippen LogP contribution in [0.15, 0.2) is 47.6 Å². The van der Waals surface area contributed by atoms with Crippen LogP contribution >= 0.6 is 15.6 Å². The molecule has 2 aliphatic heterocycles. The summed E-state index contributed by atoms with van der Waals surface area (Å²) in [5.41, 5.74) is -1.19. The number of imidazole rings is 2. The van der Waals surface area contributed by atoms with E-state index in [4.69, 9.17) is 47.1 Å². The highest BCUT2D eigenvalue weighted by atomic mass is 31.2. The summed E-state index contributed by atoms with van der Waals surface area (Å²) in [6.07, 6.45) is -5.33. The minimum absolute atomic E-state index is 0.0174. The third-order valence-corrected chi connectivity index (χ3v) is 11.1. The highest BCUT2D eigenvalue weighted by molar-refractivity contribution is 7.48. The van der Waals surface area contributed by atoms with Crippen molar-refractivity contribution in [2.75, 3.05) is 33.0 Å². The molecule has 2 saturated heterocycles. The van der Waals surface area contributed by atoms with Crippen LogP contribution in [0.3, 0.4) is 0 Å². The number of H-pyrrole nitrogens is 2. The molecule has 2 aliphatic rings. The Balaban J connectivity index is 1.27. The van der Waals surface area contributed by atoms with E-state index in [1.165, 1.54) is 23.3 Å². The number of aliphatic hydroxyl groups is 1. The van der Waals surface area contributed by atoms with Gasteiger partial charge in [0.2, 0.25) is 0 Å². The van der Waals surface area contributed by atoms with E-state index >= 15 is 4.39 Å². The van der Waals surface area contributed by atoms with E-state index in [1.54, 1.807) is 6.07 Å². The van der Waals surface area contributed by atoms with Gasteiger partial charge in [0.15, 0.2) is 34.7 Å². The SMILES string of the molecule is C=CCOP(=O)(OCCC#N)OC1C(COP(=O)(OCCC#N)OC2CC(n3cnc4c(=O)[nH]cnc43)OC2CO)OC(n2cnc3c(=O)[nH]cnc32)[C@@H]1F. The Morgan fingerprint density at radius 2 is 1.51 bits per heavy atom. The highest BCUT2D eigenvalue weighted by Gasteiger charge is 2.52. The Bertz CT molecular complexity index is 2290. The van der Waals surface area contributed by atoms with Crippen molar-refractivity contribution < 1.29 is 55.2 Å². The number of rotatable bonds is 19. The van der Waals surface area contributed by atoms with Crippen LogP contribution in [-0.2, 0) is 45.7 Å². The number of alkyl halides is 1. The zero-order valence-electron chi connectivity index (χ0n) is 28.5. The van der Waals surface area contributed by atoms with Gasteiger partial charge in [0.1, 0.15) is 30.6 Å². The van der Waals surface area contributed by atoms with Crippen LogP contribution in [0.5, 0.6) is 0 Å². The molecule has 0 aliphatic carbocycles. The lowest BCUT2D eigenvalue weighted by Crippen LogP contribution is -2.34. The second-order valence-electron chi connectivity index (χ2n) is 11.6. The predicted octanol–water partition coefficient (Wildman–Crippen LogP) is 1.83. The Morgan fingerprint density at radius 1 is 0.909 bits per heavy atom. The van der Waals surface area contributed by atoms with Crippen LogP contribution in [0.4, 0.5) is 4.39 Å². The molecule has 4 aromatic rings. The average molecular weight is 811 g/mol. The van der Waals surface area contributed by atoms with Crippen LogP contribution in [-0.4, -0.2) is 108 Å². The third-order valence-electron chi connectivity index (χ3n) is 8.13. The fourth-order valence-corrected chi connectivity index (χ4v) is 8.42. The Labute approximate surface area is 308 Å². The number of nitrogens with one attached hydrogen (secondary N) is 2. The van der Waals surface area contributed by atoms with Crippen molar-refractivity contribution in [1.82, 2.24) is 39.0 Å². The number of aromatic nitrogens is 8. The van der Waals surface area contributed by atoms with Gasteiger partial charge in [-0.05, 0) is 0 Å². The Morgan fingerprint density at radius 3 is 2.11 bits per heavy atom. The van der Waals surface area contributed by atoms with E-state index in [-0.39, 0.29) is 48.2 Å². The Kier molecular flexibility index (Phi) is 12.8. The average Bonchev–Trinajstić information content (AvgIpc) is 3.96. The van der Waals surface area contributed by atoms with Crippen LogP contribution in [0.25, 0.3) is 22.3 Å². The fourth-order valence-electron chi connectivity index (χ4n) is 5.67. The number of fused-ring (bicyclic) bond motifs is 2. The zero-order valence-corrected chi connectivity index (χ0v) is 30.3. The van der Waals surface area contributed by atoms with Crippen LogP contribution in [0.2, 0.25) is 0 Å². The molecule has 0 bridgehead atoms. The number of hydrogen-bond donors (Lipinski definition) is 3. The van der Waals surface area contributed by atoms with Gasteiger partial charge in [-0.2, -0.15) is 10.5 Å². The van der Waals surface area contributed by atoms with Gasteiger partial charge in [-0.15, -0.1) is 6.58 Å². The number of hydrogen-bond acceptors (Lipinski definition) is 19. The third kappa shape index (κ3) is 8.80. The van der Waals surface area contributed by atoms with E-state index in [0.717, 1.165) is 17.2 Å². The zero-order chi connectivity index (χ0) is 39.2. The first-order chi connectivity index (χ1) is 26.5. The molecule has 26 heteroatoms. The van der Waals surface area contributed by atoms with Crippen molar-refractivity contribution in [2.24, 2.45) is 0 Å². The molecule has 6 rings (SSSR count). The predicted molar refractivity (Wildman–Crippen MR) is 180 cm³/mol. The largest absolute Gasteiger partial charge is 0.475 e. The van der Waals surface area contributed by atoms with Crippen molar-refractivity contribution in [3.63, 3.8) is 0 Å². The first-order valence-corrected chi connectivity index (χ1v) is 19.3. The molecule has 0 aromatic carbocycles. The second-order valence-corrected chi connectivity index (χ2v) is 14.9. The lowest BCUT2D eigenvalue weighted by Gasteiger charge is -2.27. The number of nitrogens with zero attached hydrogens (tertiary/aromatic N) is 8. The van der Waals surface area contributed by atoms with E-state index in [9.17, 15) is 23.8 Å². The molecule has 55 heavy (non-hydrogen) atoms. The number of phosphoric acid groups is 2. The molecule has 2 fully saturated rings. The standard InChI is InChI=1S/C29H33FN10O13P2/c1-2-7-46-54(44,47-8-3-5-31)53-24-19(51-29(21(24)30)40-16-38-23-26(40)34-14-36-28(23)43)12-49-55(45,48-9-4-6-32)52-17-10-20(50-18(17)11-41)39-15-37-22-25(39)33-13-35-27(22)42/h2,13-21,24,29,41H,1,3-4,7-12H2,(H,33,35,42)(H,34,36,43)/t17?,18?,19?,20?,21-,24?,29?,54?,55?/m1/s1. The van der Waals surface area contributed by atoms with Gasteiger partial charge in [0, 0.05) is 6.42 Å². The van der Waals surface area contributed by atoms with Gasteiger partial charge < -0.3 is 24.5 Å². The molecule has 0 saturated carbocycles. The molecule has 0 amide bonds. The van der Waals surface area contributed by atoms with Gasteiger partial charge in [0.25, 0.3) is 11.1 Å². The van der Waals surface area contributed by atoms with Crippen LogP contribution in [0, 0.1) is 22.7 Å². The van der Waals surface area contributed by atoms with E-state index in [1.807, 2.05) is 6.07 Å². The minimum atomic E-state index is -4.78. The molecule has 3 N–H and O–H groups in total. The summed E-state index contributed by atoms with van der Waals surface area (Å²) < 4.78 is 91.8. The quantitative estimate of drug-likeness (QED) is 0.0691. The summed E-state index contributed by atoms with van der Waals surface area (Å²) >= 11 is 0.